The number of hydrogen-bond donors (Lipinski definition) is 0. The molecule has 0 bridgehead atoms. The maximum Gasteiger partial charge on any atom is 0.195 e. The molecule has 4 heteroatoms. The summed E-state index contributed by atoms with van der Waals surface area (Å²) in [6, 6.07) is 18.8. The lowest BCUT2D eigenvalue weighted by Gasteiger charge is -2.04. The van der Waals surface area contributed by atoms with Gasteiger partial charge in [0.25, 0.3) is 0 Å². The minimum Gasteiger partial charge on any atom is -0.206 e. The zero-order chi connectivity index (χ0) is 20.5. The van der Waals surface area contributed by atoms with Gasteiger partial charge in [0, 0.05) is 11.1 Å². The largest absolute Gasteiger partial charge is 0.206 e. The number of aryl methyl sites for hydroxylation is 1. The fourth-order valence-electron chi connectivity index (χ4n) is 3.10. The van der Waals surface area contributed by atoms with E-state index in [1.165, 1.54) is 11.6 Å². The van der Waals surface area contributed by atoms with Crippen LogP contribution in [0.25, 0.3) is 21.9 Å². The summed E-state index contributed by atoms with van der Waals surface area (Å²) in [6.07, 6.45) is 0. The Labute approximate surface area is 165 Å². The fourth-order valence-corrected chi connectivity index (χ4v) is 3.10. The number of halogens is 4. The molecule has 0 aliphatic heterocycles. The highest BCUT2D eigenvalue weighted by molar-refractivity contribution is 5.85. The summed E-state index contributed by atoms with van der Waals surface area (Å²) in [5.74, 6) is 0.102. The average molecular weight is 390 g/mol. The third kappa shape index (κ3) is 3.72. The Bertz CT molecular complexity index is 1280. The normalized spacial score (nSPS) is 10.7. The van der Waals surface area contributed by atoms with E-state index < -0.39 is 28.7 Å². The zero-order valence-electron chi connectivity index (χ0n) is 15.4. The van der Waals surface area contributed by atoms with Crippen molar-refractivity contribution in [2.24, 2.45) is 0 Å². The minimum absolute atomic E-state index is 0.0829. The summed E-state index contributed by atoms with van der Waals surface area (Å²) in [4.78, 5) is 0. The second kappa shape index (κ2) is 7.44. The Morgan fingerprint density at radius 2 is 1.17 bits per heavy atom. The molecule has 4 rings (SSSR count). The number of rotatable bonds is 1. The van der Waals surface area contributed by atoms with E-state index in [-0.39, 0.29) is 10.9 Å². The van der Waals surface area contributed by atoms with Gasteiger partial charge in [-0.1, -0.05) is 53.8 Å². The molecule has 4 aromatic carbocycles. The van der Waals surface area contributed by atoms with Crippen LogP contribution in [0.2, 0.25) is 0 Å². The topological polar surface area (TPSA) is 0 Å². The molecule has 0 saturated heterocycles. The molecule has 0 aliphatic rings. The average Bonchev–Trinajstić information content (AvgIpc) is 2.71. The lowest BCUT2D eigenvalue weighted by Crippen LogP contribution is -1.95. The van der Waals surface area contributed by atoms with Gasteiger partial charge in [0.2, 0.25) is 0 Å². The molecular weight excluding hydrogens is 376 g/mol. The second-order valence-corrected chi connectivity index (χ2v) is 6.74. The lowest BCUT2D eigenvalue weighted by atomic mass is 10.0. The van der Waals surface area contributed by atoms with Crippen molar-refractivity contribution in [3.8, 4) is 23.0 Å². The Hall–Kier alpha value is -3.58. The van der Waals surface area contributed by atoms with E-state index in [0.29, 0.717) is 5.56 Å². The quantitative estimate of drug-likeness (QED) is 0.191. The standard InChI is InChI=1S/C25H14F4/c1-15-2-8-18(9-3-15)19-10-6-16(7-11-19)4-5-17-12-20-14-22(27)24(28)25(29)23(20)21(26)13-17/h2-3,6-14H,1H3. The van der Waals surface area contributed by atoms with Gasteiger partial charge in [-0.25, -0.2) is 17.6 Å². The third-order valence-corrected chi connectivity index (χ3v) is 4.65. The predicted octanol–water partition coefficient (Wildman–Crippen LogP) is 6.77. The molecule has 142 valence electrons. The van der Waals surface area contributed by atoms with Crippen LogP contribution in [0, 0.1) is 42.0 Å². The van der Waals surface area contributed by atoms with Gasteiger partial charge in [0.05, 0.1) is 5.39 Å². The highest BCUT2D eigenvalue weighted by atomic mass is 19.2. The zero-order valence-corrected chi connectivity index (χ0v) is 15.4. The first-order chi connectivity index (χ1) is 13.9. The van der Waals surface area contributed by atoms with Crippen LogP contribution in [-0.2, 0) is 0 Å². The molecule has 0 aliphatic carbocycles. The van der Waals surface area contributed by atoms with E-state index in [4.69, 9.17) is 0 Å². The Morgan fingerprint density at radius 3 is 1.83 bits per heavy atom. The van der Waals surface area contributed by atoms with Gasteiger partial charge in [0.15, 0.2) is 17.5 Å². The van der Waals surface area contributed by atoms with Crippen molar-refractivity contribution in [3.63, 3.8) is 0 Å². The first-order valence-corrected chi connectivity index (χ1v) is 8.88. The van der Waals surface area contributed by atoms with Crippen LogP contribution >= 0.6 is 0 Å². The number of fused-ring (bicyclic) bond motifs is 1. The van der Waals surface area contributed by atoms with E-state index in [0.717, 1.165) is 23.3 Å². The van der Waals surface area contributed by atoms with Crippen molar-refractivity contribution in [2.45, 2.75) is 6.92 Å². The highest BCUT2D eigenvalue weighted by Gasteiger charge is 2.17. The van der Waals surface area contributed by atoms with Crippen molar-refractivity contribution in [3.05, 3.63) is 107 Å². The van der Waals surface area contributed by atoms with Gasteiger partial charge in [0.1, 0.15) is 5.82 Å². The highest BCUT2D eigenvalue weighted by Crippen LogP contribution is 2.27. The van der Waals surface area contributed by atoms with E-state index >= 15 is 0 Å². The molecule has 0 nitrogen and oxygen atoms in total. The number of benzene rings is 4. The molecule has 4 aromatic rings. The van der Waals surface area contributed by atoms with Crippen molar-refractivity contribution in [1.29, 1.82) is 0 Å². The third-order valence-electron chi connectivity index (χ3n) is 4.65. The van der Waals surface area contributed by atoms with Crippen LogP contribution in [0.3, 0.4) is 0 Å². The molecule has 0 heterocycles. The summed E-state index contributed by atoms with van der Waals surface area (Å²) in [5.41, 5.74) is 4.26. The van der Waals surface area contributed by atoms with Gasteiger partial charge in [-0.05, 0) is 53.8 Å². The van der Waals surface area contributed by atoms with Crippen LogP contribution in [0.15, 0.2) is 66.7 Å². The monoisotopic (exact) mass is 390 g/mol. The Morgan fingerprint density at radius 1 is 0.586 bits per heavy atom. The first-order valence-electron chi connectivity index (χ1n) is 8.88. The first kappa shape index (κ1) is 18.8. The maximum atomic E-state index is 14.2. The second-order valence-electron chi connectivity index (χ2n) is 6.74. The summed E-state index contributed by atoms with van der Waals surface area (Å²) < 4.78 is 54.8. The maximum absolute atomic E-state index is 14.2. The van der Waals surface area contributed by atoms with Gasteiger partial charge >= 0.3 is 0 Å². The van der Waals surface area contributed by atoms with Crippen LogP contribution in [0.4, 0.5) is 17.6 Å². The molecule has 0 aromatic heterocycles. The molecule has 0 radical (unpaired) electrons. The van der Waals surface area contributed by atoms with E-state index in [2.05, 4.69) is 11.8 Å². The molecule has 0 amide bonds. The lowest BCUT2D eigenvalue weighted by molar-refractivity contribution is 0.451. The SMILES string of the molecule is Cc1ccc(-c2ccc(C#Cc3cc(F)c4c(F)c(F)c(F)cc4c3)cc2)cc1. The van der Waals surface area contributed by atoms with Gasteiger partial charge < -0.3 is 0 Å². The number of hydrogen-bond acceptors (Lipinski definition) is 0. The van der Waals surface area contributed by atoms with E-state index in [9.17, 15) is 17.6 Å². The summed E-state index contributed by atoms with van der Waals surface area (Å²) in [6.45, 7) is 2.03. The van der Waals surface area contributed by atoms with Crippen molar-refractivity contribution in [2.75, 3.05) is 0 Å². The van der Waals surface area contributed by atoms with Gasteiger partial charge in [-0.2, -0.15) is 0 Å². The smallest absolute Gasteiger partial charge is 0.195 e. The summed E-state index contributed by atoms with van der Waals surface area (Å²) >= 11 is 0. The van der Waals surface area contributed by atoms with Crippen molar-refractivity contribution < 1.29 is 17.6 Å². The van der Waals surface area contributed by atoms with Crippen LogP contribution in [0.1, 0.15) is 16.7 Å². The molecule has 0 fully saturated rings. The fraction of sp³-hybridized carbons (Fsp3) is 0.0400. The molecule has 0 atom stereocenters. The molecule has 0 saturated carbocycles. The van der Waals surface area contributed by atoms with Crippen LogP contribution in [-0.4, -0.2) is 0 Å². The summed E-state index contributed by atoms with van der Waals surface area (Å²) in [5, 5.41) is -0.669. The van der Waals surface area contributed by atoms with Crippen molar-refractivity contribution in [1.82, 2.24) is 0 Å². The van der Waals surface area contributed by atoms with E-state index in [1.54, 1.807) is 0 Å². The Balaban J connectivity index is 1.66. The predicted molar refractivity (Wildman–Crippen MR) is 106 cm³/mol. The molecular formula is C25H14F4. The van der Waals surface area contributed by atoms with Gasteiger partial charge in [-0.3, -0.25) is 0 Å². The minimum atomic E-state index is -1.69. The van der Waals surface area contributed by atoms with Crippen molar-refractivity contribution >= 4 is 10.8 Å². The van der Waals surface area contributed by atoms with Crippen LogP contribution in [0.5, 0.6) is 0 Å². The van der Waals surface area contributed by atoms with E-state index in [1.807, 2.05) is 55.5 Å². The molecule has 0 N–H and O–H groups in total. The summed E-state index contributed by atoms with van der Waals surface area (Å²) in [7, 11) is 0. The molecule has 0 spiro atoms. The Kier molecular flexibility index (Phi) is 4.82. The van der Waals surface area contributed by atoms with Gasteiger partial charge in [-0.15, -0.1) is 0 Å². The van der Waals surface area contributed by atoms with Crippen LogP contribution < -0.4 is 0 Å². The molecule has 29 heavy (non-hydrogen) atoms. The molecule has 0 unspecified atom stereocenters.